The van der Waals surface area contributed by atoms with Gasteiger partial charge in [-0.15, -0.1) is 0 Å². The van der Waals surface area contributed by atoms with Gasteiger partial charge in [-0.05, 0) is 18.1 Å². The number of carboxylic acid groups (broad SMARTS) is 1. The van der Waals surface area contributed by atoms with Crippen molar-refractivity contribution in [2.45, 2.75) is 12.4 Å². The number of hydrogen-bond donors (Lipinski definition) is 5. The number of para-hydroxylation sites is 1. The molecule has 0 radical (unpaired) electrons. The standard InChI is InChI=1S/C14H14BN3O6/c19-12-8(2-1-3-10(12)14(21)22)4-11(15(23)24)18-13(20)9-5-16-7-17-6-9/h1-3,5-7,11,19,23-24H,4H2,(H,18,20)(H,21,22). The summed E-state index contributed by atoms with van der Waals surface area (Å²) in [6.45, 7) is 0. The predicted octanol–water partition coefficient (Wildman–Crippen LogP) is -0.767. The van der Waals surface area contributed by atoms with Gasteiger partial charge >= 0.3 is 13.1 Å². The number of aromatic carboxylic acids is 1. The largest absolute Gasteiger partial charge is 0.507 e. The molecule has 1 amide bonds. The Labute approximate surface area is 136 Å². The highest BCUT2D eigenvalue weighted by atomic mass is 16.4. The lowest BCUT2D eigenvalue weighted by Gasteiger charge is -2.18. The van der Waals surface area contributed by atoms with E-state index in [4.69, 9.17) is 5.11 Å². The van der Waals surface area contributed by atoms with E-state index in [9.17, 15) is 24.7 Å². The van der Waals surface area contributed by atoms with Crippen LogP contribution in [0.5, 0.6) is 5.75 Å². The van der Waals surface area contributed by atoms with E-state index in [0.29, 0.717) is 0 Å². The summed E-state index contributed by atoms with van der Waals surface area (Å²) in [5, 5.41) is 40.2. The van der Waals surface area contributed by atoms with Gasteiger partial charge in [-0.3, -0.25) is 4.79 Å². The molecule has 1 unspecified atom stereocenters. The monoisotopic (exact) mass is 331 g/mol. The minimum atomic E-state index is -1.92. The van der Waals surface area contributed by atoms with Crippen LogP contribution >= 0.6 is 0 Å². The zero-order valence-corrected chi connectivity index (χ0v) is 12.3. The van der Waals surface area contributed by atoms with E-state index in [1.165, 1.54) is 36.9 Å². The number of nitrogens with one attached hydrogen (secondary N) is 1. The van der Waals surface area contributed by atoms with Crippen LogP contribution in [0, 0.1) is 0 Å². The van der Waals surface area contributed by atoms with E-state index in [2.05, 4.69) is 15.3 Å². The minimum Gasteiger partial charge on any atom is -0.507 e. The fourth-order valence-electron chi connectivity index (χ4n) is 2.06. The van der Waals surface area contributed by atoms with E-state index < -0.39 is 30.7 Å². The first-order chi connectivity index (χ1) is 11.4. The molecule has 2 aromatic rings. The van der Waals surface area contributed by atoms with Crippen LogP contribution in [0.3, 0.4) is 0 Å². The second-order valence-corrected chi connectivity index (χ2v) is 4.94. The van der Waals surface area contributed by atoms with Crippen LogP contribution in [0.2, 0.25) is 0 Å². The number of carboxylic acids is 1. The van der Waals surface area contributed by atoms with Crippen molar-refractivity contribution < 1.29 is 29.9 Å². The average molecular weight is 331 g/mol. The summed E-state index contributed by atoms with van der Waals surface area (Å²) < 4.78 is 0. The van der Waals surface area contributed by atoms with Crippen LogP contribution in [-0.2, 0) is 6.42 Å². The van der Waals surface area contributed by atoms with Crippen LogP contribution in [0.15, 0.2) is 36.9 Å². The summed E-state index contributed by atoms with van der Waals surface area (Å²) in [4.78, 5) is 30.4. The Kier molecular flexibility index (Phi) is 5.45. The molecule has 2 rings (SSSR count). The van der Waals surface area contributed by atoms with E-state index in [1.807, 2.05) is 0 Å². The molecule has 1 aromatic heterocycles. The molecule has 124 valence electrons. The van der Waals surface area contributed by atoms with Crippen LogP contribution < -0.4 is 5.32 Å². The molecule has 24 heavy (non-hydrogen) atoms. The van der Waals surface area contributed by atoms with Gasteiger partial charge in [-0.25, -0.2) is 14.8 Å². The third-order valence-corrected chi connectivity index (χ3v) is 3.29. The van der Waals surface area contributed by atoms with Gasteiger partial charge in [0.05, 0.1) is 11.5 Å². The van der Waals surface area contributed by atoms with Gasteiger partial charge in [0, 0.05) is 12.4 Å². The lowest BCUT2D eigenvalue weighted by atomic mass is 9.75. The molecule has 10 heteroatoms. The third-order valence-electron chi connectivity index (χ3n) is 3.29. The van der Waals surface area contributed by atoms with Gasteiger partial charge in [0.15, 0.2) is 0 Å². The Bertz CT molecular complexity index is 741. The Morgan fingerprint density at radius 1 is 1.21 bits per heavy atom. The molecule has 0 aliphatic carbocycles. The topological polar surface area (TPSA) is 153 Å². The van der Waals surface area contributed by atoms with Crippen molar-refractivity contribution in [3.63, 3.8) is 0 Å². The highest BCUT2D eigenvalue weighted by Gasteiger charge is 2.28. The molecule has 5 N–H and O–H groups in total. The van der Waals surface area contributed by atoms with Crippen molar-refractivity contribution >= 4 is 19.0 Å². The second-order valence-electron chi connectivity index (χ2n) is 4.94. The highest BCUT2D eigenvalue weighted by molar-refractivity contribution is 6.43. The number of carbonyl (C=O) groups is 2. The molecule has 9 nitrogen and oxygen atoms in total. The van der Waals surface area contributed by atoms with Gasteiger partial charge in [0.25, 0.3) is 5.91 Å². The summed E-state index contributed by atoms with van der Waals surface area (Å²) in [5.41, 5.74) is -0.0502. The van der Waals surface area contributed by atoms with Crippen molar-refractivity contribution in [2.75, 3.05) is 0 Å². The molecule has 0 aliphatic heterocycles. The number of carbonyl (C=O) groups excluding carboxylic acids is 1. The van der Waals surface area contributed by atoms with Gasteiger partial charge in [0.2, 0.25) is 0 Å². The first-order valence-electron chi connectivity index (χ1n) is 6.86. The lowest BCUT2D eigenvalue weighted by Crippen LogP contribution is -2.48. The van der Waals surface area contributed by atoms with Gasteiger partial charge in [-0.2, -0.15) is 0 Å². The first-order valence-corrected chi connectivity index (χ1v) is 6.86. The van der Waals surface area contributed by atoms with Gasteiger partial charge < -0.3 is 25.6 Å². The first kappa shape index (κ1) is 17.4. The number of hydrogen-bond acceptors (Lipinski definition) is 7. The Hall–Kier alpha value is -2.98. The predicted molar refractivity (Wildman–Crippen MR) is 82.2 cm³/mol. The van der Waals surface area contributed by atoms with Crippen molar-refractivity contribution in [1.82, 2.24) is 15.3 Å². The lowest BCUT2D eigenvalue weighted by molar-refractivity contribution is 0.0693. The van der Waals surface area contributed by atoms with Crippen molar-refractivity contribution in [2.24, 2.45) is 0 Å². The summed E-state index contributed by atoms with van der Waals surface area (Å²) in [6, 6.07) is 4.05. The van der Waals surface area contributed by atoms with Crippen LogP contribution in [0.25, 0.3) is 0 Å². The van der Waals surface area contributed by atoms with E-state index in [1.54, 1.807) is 0 Å². The third kappa shape index (κ3) is 4.06. The molecule has 0 saturated carbocycles. The Balaban J connectivity index is 2.19. The normalized spacial score (nSPS) is 11.6. The highest BCUT2D eigenvalue weighted by Crippen LogP contribution is 2.24. The number of benzene rings is 1. The molecule has 0 fully saturated rings. The number of aromatic hydroxyl groups is 1. The maximum absolute atomic E-state index is 12.0. The summed E-state index contributed by atoms with van der Waals surface area (Å²) in [7, 11) is -1.92. The Morgan fingerprint density at radius 3 is 2.46 bits per heavy atom. The molecule has 1 heterocycles. The zero-order chi connectivity index (χ0) is 17.7. The van der Waals surface area contributed by atoms with E-state index in [-0.39, 0.29) is 23.1 Å². The van der Waals surface area contributed by atoms with Crippen LogP contribution in [-0.4, -0.2) is 55.2 Å². The Morgan fingerprint density at radius 2 is 1.88 bits per heavy atom. The van der Waals surface area contributed by atoms with Crippen molar-refractivity contribution in [3.05, 3.63) is 53.6 Å². The summed E-state index contributed by atoms with van der Waals surface area (Å²) in [5.74, 6) is -3.62. The summed E-state index contributed by atoms with van der Waals surface area (Å²) >= 11 is 0. The number of aromatic nitrogens is 2. The zero-order valence-electron chi connectivity index (χ0n) is 12.3. The number of nitrogens with zero attached hydrogens (tertiary/aromatic N) is 2. The van der Waals surface area contributed by atoms with E-state index >= 15 is 0 Å². The molecule has 1 atom stereocenters. The quantitative estimate of drug-likeness (QED) is 0.433. The van der Waals surface area contributed by atoms with Gasteiger partial charge in [0.1, 0.15) is 17.6 Å². The molecule has 0 saturated heterocycles. The molecule has 0 aliphatic rings. The molecule has 0 bridgehead atoms. The van der Waals surface area contributed by atoms with Crippen LogP contribution in [0.4, 0.5) is 0 Å². The fraction of sp³-hybridized carbons (Fsp3) is 0.143. The average Bonchev–Trinajstić information content (AvgIpc) is 2.56. The SMILES string of the molecule is O=C(NC(Cc1cccc(C(=O)O)c1O)B(O)O)c1cncnc1. The molecular weight excluding hydrogens is 317 g/mol. The minimum absolute atomic E-state index is 0.117. The van der Waals surface area contributed by atoms with Crippen LogP contribution in [0.1, 0.15) is 26.3 Å². The van der Waals surface area contributed by atoms with Crippen molar-refractivity contribution in [1.29, 1.82) is 0 Å². The smallest absolute Gasteiger partial charge is 0.475 e. The maximum Gasteiger partial charge on any atom is 0.475 e. The van der Waals surface area contributed by atoms with Gasteiger partial charge in [-0.1, -0.05) is 12.1 Å². The maximum atomic E-state index is 12.0. The van der Waals surface area contributed by atoms with E-state index in [0.717, 1.165) is 0 Å². The molecular formula is C14H14BN3O6. The number of rotatable bonds is 6. The second kappa shape index (κ2) is 7.53. The van der Waals surface area contributed by atoms with Crippen molar-refractivity contribution in [3.8, 4) is 5.75 Å². The number of phenols is 1. The number of amides is 1. The molecule has 1 aromatic carbocycles. The molecule has 0 spiro atoms. The fourth-order valence-corrected chi connectivity index (χ4v) is 2.06. The summed E-state index contributed by atoms with van der Waals surface area (Å²) in [6.07, 6.45) is 3.56.